The number of hydrogen-bond donors (Lipinski definition) is 1. The molecule has 1 aromatic heterocycles. The first-order valence-electron chi connectivity index (χ1n) is 8.15. The van der Waals surface area contributed by atoms with Gasteiger partial charge in [0, 0.05) is 26.9 Å². The second kappa shape index (κ2) is 8.56. The summed E-state index contributed by atoms with van der Waals surface area (Å²) in [6, 6.07) is 13.8. The van der Waals surface area contributed by atoms with Crippen molar-refractivity contribution in [1.82, 2.24) is 10.4 Å². The highest BCUT2D eigenvalue weighted by Crippen LogP contribution is 2.25. The minimum Gasteiger partial charge on any atom is -0.273 e. The maximum Gasteiger partial charge on any atom is 0.240 e. The van der Waals surface area contributed by atoms with Crippen molar-refractivity contribution in [2.75, 3.05) is 0 Å². The van der Waals surface area contributed by atoms with Crippen LogP contribution in [0.3, 0.4) is 0 Å². The van der Waals surface area contributed by atoms with Crippen molar-refractivity contribution in [2.24, 2.45) is 5.10 Å². The number of hydrogen-bond acceptors (Lipinski definition) is 3. The van der Waals surface area contributed by atoms with Crippen LogP contribution in [0.15, 0.2) is 62.7 Å². The van der Waals surface area contributed by atoms with Crippen molar-refractivity contribution < 1.29 is 4.79 Å². The molecule has 1 N–H and O–H groups in total. The van der Waals surface area contributed by atoms with Gasteiger partial charge in [-0.2, -0.15) is 5.10 Å². The number of halogens is 2. The molecule has 0 aliphatic carbocycles. The maximum absolute atomic E-state index is 12.1. The normalized spacial score (nSPS) is 11.2. The number of aromatic nitrogens is 1. The fourth-order valence-corrected chi connectivity index (χ4v) is 3.83. The zero-order valence-corrected chi connectivity index (χ0v) is 17.3. The number of amides is 1. The maximum atomic E-state index is 12.1. The Labute approximate surface area is 169 Å². The molecule has 0 fully saturated rings. The Kier molecular flexibility index (Phi) is 6.16. The van der Waals surface area contributed by atoms with Crippen LogP contribution in [-0.4, -0.2) is 17.1 Å². The molecule has 0 bridgehead atoms. The van der Waals surface area contributed by atoms with Crippen LogP contribution in [0.5, 0.6) is 0 Å². The van der Waals surface area contributed by atoms with E-state index in [-0.39, 0.29) is 5.91 Å². The number of nitrogens with one attached hydrogen (secondary N) is 1. The smallest absolute Gasteiger partial charge is 0.240 e. The van der Waals surface area contributed by atoms with Crippen molar-refractivity contribution in [3.63, 3.8) is 0 Å². The minimum atomic E-state index is -0.118. The molecule has 0 atom stereocenters. The summed E-state index contributed by atoms with van der Waals surface area (Å²) in [5, 5.41) is 5.13. The van der Waals surface area contributed by atoms with Gasteiger partial charge < -0.3 is 0 Å². The average Bonchev–Trinajstić information content (AvgIpc) is 2.64. The SMILES string of the molecule is Cc1c(Br)cc(/C=N\NC(=O)CCc2cccc3ncccc23)cc1Br. The van der Waals surface area contributed by atoms with Gasteiger partial charge in [-0.25, -0.2) is 5.43 Å². The topological polar surface area (TPSA) is 54.4 Å². The monoisotopic (exact) mass is 473 g/mol. The van der Waals surface area contributed by atoms with E-state index >= 15 is 0 Å². The van der Waals surface area contributed by atoms with E-state index in [9.17, 15) is 4.79 Å². The number of hydrazone groups is 1. The number of rotatable bonds is 5. The summed E-state index contributed by atoms with van der Waals surface area (Å²) in [6.45, 7) is 2.01. The molecule has 0 aliphatic rings. The molecule has 1 heterocycles. The highest BCUT2D eigenvalue weighted by atomic mass is 79.9. The molecule has 1 amide bonds. The summed E-state index contributed by atoms with van der Waals surface area (Å²) >= 11 is 7.01. The van der Waals surface area contributed by atoms with E-state index < -0.39 is 0 Å². The van der Waals surface area contributed by atoms with E-state index in [1.54, 1.807) is 12.4 Å². The Morgan fingerprint density at radius 1 is 1.19 bits per heavy atom. The molecule has 0 radical (unpaired) electrons. The fourth-order valence-electron chi connectivity index (χ4n) is 2.61. The Hall–Kier alpha value is -2.05. The molecule has 0 saturated heterocycles. The van der Waals surface area contributed by atoms with Crippen molar-refractivity contribution in [2.45, 2.75) is 19.8 Å². The van der Waals surface area contributed by atoms with E-state index in [2.05, 4.69) is 47.4 Å². The molecule has 3 rings (SSSR count). The molecular formula is C20H17Br2N3O. The van der Waals surface area contributed by atoms with Gasteiger partial charge in [0.25, 0.3) is 0 Å². The summed E-state index contributed by atoms with van der Waals surface area (Å²) in [5.74, 6) is -0.118. The lowest BCUT2D eigenvalue weighted by molar-refractivity contribution is -0.121. The van der Waals surface area contributed by atoms with E-state index in [1.807, 2.05) is 49.4 Å². The third-order valence-corrected chi connectivity index (χ3v) is 5.71. The van der Waals surface area contributed by atoms with Crippen LogP contribution in [-0.2, 0) is 11.2 Å². The van der Waals surface area contributed by atoms with Crippen LogP contribution >= 0.6 is 31.9 Å². The van der Waals surface area contributed by atoms with E-state index in [0.717, 1.165) is 36.5 Å². The zero-order valence-electron chi connectivity index (χ0n) is 14.2. The highest BCUT2D eigenvalue weighted by molar-refractivity contribution is 9.11. The summed E-state index contributed by atoms with van der Waals surface area (Å²) in [4.78, 5) is 16.4. The molecule has 132 valence electrons. The number of nitrogens with zero attached hydrogens (tertiary/aromatic N) is 2. The van der Waals surface area contributed by atoms with Crippen LogP contribution < -0.4 is 5.43 Å². The predicted octanol–water partition coefficient (Wildman–Crippen LogP) is 5.15. The largest absolute Gasteiger partial charge is 0.273 e. The third kappa shape index (κ3) is 4.56. The first kappa shape index (κ1) is 18.7. The van der Waals surface area contributed by atoms with Crippen LogP contribution in [0.4, 0.5) is 0 Å². The molecule has 0 aliphatic heterocycles. The van der Waals surface area contributed by atoms with E-state index in [0.29, 0.717) is 12.8 Å². The quantitative estimate of drug-likeness (QED) is 0.410. The minimum absolute atomic E-state index is 0.118. The second-order valence-electron chi connectivity index (χ2n) is 5.89. The van der Waals surface area contributed by atoms with Gasteiger partial charge in [0.1, 0.15) is 0 Å². The number of carbonyl (C=O) groups excluding carboxylic acids is 1. The lowest BCUT2D eigenvalue weighted by Gasteiger charge is -2.05. The standard InChI is InChI=1S/C20H17Br2N3O/c1-13-17(21)10-14(11-18(13)22)12-24-25-20(26)8-7-15-4-2-6-19-16(15)5-3-9-23-19/h2-6,9-12H,7-8H2,1H3,(H,25,26)/b24-12-. The molecule has 3 aromatic rings. The molecule has 0 spiro atoms. The van der Waals surface area contributed by atoms with Crippen LogP contribution in [0.25, 0.3) is 10.9 Å². The van der Waals surface area contributed by atoms with Crippen molar-refractivity contribution in [1.29, 1.82) is 0 Å². The van der Waals surface area contributed by atoms with Gasteiger partial charge in [0.2, 0.25) is 5.91 Å². The van der Waals surface area contributed by atoms with Gasteiger partial charge in [-0.05, 0) is 54.3 Å². The summed E-state index contributed by atoms with van der Waals surface area (Å²) in [6.07, 6.45) is 4.42. The predicted molar refractivity (Wildman–Crippen MR) is 112 cm³/mol. The lowest BCUT2D eigenvalue weighted by Crippen LogP contribution is -2.18. The first-order chi connectivity index (χ1) is 12.5. The van der Waals surface area contributed by atoms with Gasteiger partial charge in [-0.15, -0.1) is 0 Å². The van der Waals surface area contributed by atoms with Crippen molar-refractivity contribution in [3.05, 3.63) is 74.3 Å². The summed E-state index contributed by atoms with van der Waals surface area (Å²) in [7, 11) is 0. The third-order valence-electron chi connectivity index (χ3n) is 4.06. The molecule has 6 heteroatoms. The Bertz CT molecular complexity index is 957. The van der Waals surface area contributed by atoms with Gasteiger partial charge in [0.15, 0.2) is 0 Å². The molecule has 0 saturated carbocycles. The fraction of sp³-hybridized carbons (Fsp3) is 0.150. The van der Waals surface area contributed by atoms with Crippen molar-refractivity contribution in [3.8, 4) is 0 Å². The summed E-state index contributed by atoms with van der Waals surface area (Å²) < 4.78 is 1.98. The van der Waals surface area contributed by atoms with Crippen LogP contribution in [0.2, 0.25) is 0 Å². The van der Waals surface area contributed by atoms with E-state index in [1.165, 1.54) is 0 Å². The van der Waals surface area contributed by atoms with Crippen LogP contribution in [0.1, 0.15) is 23.1 Å². The molecule has 0 unspecified atom stereocenters. The molecule has 26 heavy (non-hydrogen) atoms. The van der Waals surface area contributed by atoms with E-state index in [4.69, 9.17) is 0 Å². The highest BCUT2D eigenvalue weighted by Gasteiger charge is 2.05. The Morgan fingerprint density at radius 2 is 1.96 bits per heavy atom. The number of fused-ring (bicyclic) bond motifs is 1. The molecular weight excluding hydrogens is 458 g/mol. The van der Waals surface area contributed by atoms with Crippen LogP contribution in [0, 0.1) is 6.92 Å². The number of carbonyl (C=O) groups is 1. The number of aryl methyl sites for hydroxylation is 1. The first-order valence-corrected chi connectivity index (χ1v) is 9.73. The zero-order chi connectivity index (χ0) is 18.5. The van der Waals surface area contributed by atoms with Gasteiger partial charge in [-0.1, -0.05) is 50.1 Å². The van der Waals surface area contributed by atoms with Crippen molar-refractivity contribution >= 4 is 54.9 Å². The Balaban J connectivity index is 1.59. The van der Waals surface area contributed by atoms with Gasteiger partial charge >= 0.3 is 0 Å². The average molecular weight is 475 g/mol. The molecule has 4 nitrogen and oxygen atoms in total. The summed E-state index contributed by atoms with van der Waals surface area (Å²) in [5.41, 5.74) is 6.66. The second-order valence-corrected chi connectivity index (χ2v) is 7.60. The lowest BCUT2D eigenvalue weighted by atomic mass is 10.0. The number of pyridine rings is 1. The number of benzene rings is 2. The Morgan fingerprint density at radius 3 is 2.73 bits per heavy atom. The molecule has 2 aromatic carbocycles. The van der Waals surface area contributed by atoms with Gasteiger partial charge in [-0.3, -0.25) is 9.78 Å². The van der Waals surface area contributed by atoms with Gasteiger partial charge in [0.05, 0.1) is 11.7 Å².